The van der Waals surface area contributed by atoms with Crippen molar-refractivity contribution in [2.45, 2.75) is 26.6 Å². The zero-order valence-corrected chi connectivity index (χ0v) is 14.1. The summed E-state index contributed by atoms with van der Waals surface area (Å²) in [6.45, 7) is 0.531. The number of amidine groups is 1. The Morgan fingerprint density at radius 2 is 1.81 bits per heavy atom. The first-order valence-electron chi connectivity index (χ1n) is 7.70. The van der Waals surface area contributed by atoms with Gasteiger partial charge < -0.3 is 14.2 Å². The molecule has 2 aromatic rings. The number of halogens is 2. The molecule has 0 atom stereocenters. The fraction of sp³-hybridized carbons (Fsp3) is 0.222. The number of aliphatic imine (C=N–C) groups is 1. The molecule has 0 amide bonds. The van der Waals surface area contributed by atoms with Gasteiger partial charge in [0.15, 0.2) is 17.7 Å². The molecule has 8 heteroatoms. The van der Waals surface area contributed by atoms with Gasteiger partial charge in [-0.25, -0.2) is 5.32 Å². The van der Waals surface area contributed by atoms with Crippen LogP contribution >= 0.6 is 0 Å². The largest absolute Gasteiger partial charge is 0.487 e. The molecular formula is C18H17F2N3O3. The lowest BCUT2D eigenvalue weighted by molar-refractivity contribution is -0.0518. The Morgan fingerprint density at radius 1 is 1.08 bits per heavy atom. The van der Waals surface area contributed by atoms with Crippen LogP contribution in [0.5, 0.6) is 17.2 Å². The number of alkyl halides is 2. The lowest BCUT2D eigenvalue weighted by Gasteiger charge is -2.15. The van der Waals surface area contributed by atoms with E-state index in [2.05, 4.69) is 15.0 Å². The van der Waals surface area contributed by atoms with Gasteiger partial charge in [0.1, 0.15) is 5.75 Å². The fourth-order valence-corrected chi connectivity index (χ4v) is 1.95. The van der Waals surface area contributed by atoms with Crippen molar-refractivity contribution < 1.29 is 23.0 Å². The lowest BCUT2D eigenvalue weighted by Crippen LogP contribution is -2.24. The van der Waals surface area contributed by atoms with Crippen molar-refractivity contribution in [1.29, 1.82) is 5.26 Å². The Balaban J connectivity index is 2.31. The predicted molar refractivity (Wildman–Crippen MR) is 91.8 cm³/mol. The fourth-order valence-electron chi connectivity index (χ4n) is 1.95. The van der Waals surface area contributed by atoms with E-state index in [1.807, 2.05) is 6.07 Å². The molecule has 0 aliphatic rings. The van der Waals surface area contributed by atoms with E-state index >= 15 is 0 Å². The van der Waals surface area contributed by atoms with E-state index < -0.39 is 6.61 Å². The molecule has 0 fully saturated rings. The van der Waals surface area contributed by atoms with Crippen molar-refractivity contribution in [1.82, 2.24) is 5.32 Å². The molecule has 0 bridgehead atoms. The third kappa shape index (κ3) is 5.94. The molecule has 0 aliphatic heterocycles. The van der Waals surface area contributed by atoms with Crippen molar-refractivity contribution in [3.05, 3.63) is 48.5 Å². The maximum atomic E-state index is 12.5. The average Bonchev–Trinajstić information content (AvgIpc) is 2.57. The maximum absolute atomic E-state index is 12.5. The minimum Gasteiger partial charge on any atom is -0.487 e. The second kappa shape index (κ2) is 9.22. The normalized spacial score (nSPS) is 11.2. The summed E-state index contributed by atoms with van der Waals surface area (Å²) in [6, 6.07) is 12.9. The lowest BCUT2D eigenvalue weighted by atomic mass is 10.2. The smallest absolute Gasteiger partial charge is 0.387 e. The van der Waals surface area contributed by atoms with Gasteiger partial charge in [-0.3, -0.25) is 0 Å². The predicted octanol–water partition coefficient (Wildman–Crippen LogP) is 4.21. The number of nitriles is 1. The van der Waals surface area contributed by atoms with Crippen LogP contribution in [0.4, 0.5) is 14.5 Å². The van der Waals surface area contributed by atoms with E-state index in [1.54, 1.807) is 44.3 Å². The highest BCUT2D eigenvalue weighted by atomic mass is 19.3. The van der Waals surface area contributed by atoms with Crippen LogP contribution in [0.1, 0.15) is 13.8 Å². The van der Waals surface area contributed by atoms with Gasteiger partial charge in [-0.1, -0.05) is 18.2 Å². The van der Waals surface area contributed by atoms with Crippen molar-refractivity contribution in [3.8, 4) is 23.4 Å². The number of hydrogen-bond acceptors (Lipinski definition) is 5. The third-order valence-electron chi connectivity index (χ3n) is 2.86. The Morgan fingerprint density at radius 3 is 2.42 bits per heavy atom. The van der Waals surface area contributed by atoms with E-state index in [4.69, 9.17) is 14.7 Å². The molecule has 0 radical (unpaired) electrons. The molecule has 2 aromatic carbocycles. The molecule has 0 unspecified atom stereocenters. The molecule has 26 heavy (non-hydrogen) atoms. The number of hydrogen-bond donors (Lipinski definition) is 1. The van der Waals surface area contributed by atoms with Crippen molar-refractivity contribution >= 4 is 11.7 Å². The van der Waals surface area contributed by atoms with Gasteiger partial charge in [0.25, 0.3) is 0 Å². The highest BCUT2D eigenvalue weighted by molar-refractivity contribution is 5.80. The van der Waals surface area contributed by atoms with Crippen LogP contribution in [0.25, 0.3) is 0 Å². The molecule has 136 valence electrons. The number of rotatable bonds is 6. The van der Waals surface area contributed by atoms with E-state index in [0.29, 0.717) is 11.4 Å². The molecule has 1 N–H and O–H groups in total. The van der Waals surface area contributed by atoms with Gasteiger partial charge >= 0.3 is 12.6 Å². The minimum atomic E-state index is -2.98. The molecular weight excluding hydrogens is 344 g/mol. The summed E-state index contributed by atoms with van der Waals surface area (Å²) in [5.41, 5.74) is 0.330. The number of nitrogens with zero attached hydrogens (tertiary/aromatic N) is 2. The van der Waals surface area contributed by atoms with Gasteiger partial charge in [-0.05, 0) is 38.1 Å². The van der Waals surface area contributed by atoms with Gasteiger partial charge in [-0.2, -0.15) is 19.0 Å². The molecule has 0 aliphatic carbocycles. The number of para-hydroxylation sites is 1. The molecule has 0 saturated carbocycles. The summed E-state index contributed by atoms with van der Waals surface area (Å²) in [5.74, 6) is 0.481. The monoisotopic (exact) mass is 361 g/mol. The summed E-state index contributed by atoms with van der Waals surface area (Å²) in [7, 11) is 0. The topological polar surface area (TPSA) is 75.9 Å². The molecule has 0 heterocycles. The zero-order valence-electron chi connectivity index (χ0n) is 14.1. The summed E-state index contributed by atoms with van der Waals surface area (Å²) < 4.78 is 40.5. The second-order valence-electron chi connectivity index (χ2n) is 5.25. The summed E-state index contributed by atoms with van der Waals surface area (Å²) in [4.78, 5) is 4.17. The SMILES string of the molecule is CC(C)Oc1cc(N=C(NC#N)Oc2ccccc2)ccc1OC(F)F. The quantitative estimate of drug-likeness (QED) is 0.361. The molecule has 6 nitrogen and oxygen atoms in total. The Hall–Kier alpha value is -3.34. The molecule has 0 saturated heterocycles. The molecule has 0 aromatic heterocycles. The average molecular weight is 361 g/mol. The summed E-state index contributed by atoms with van der Waals surface area (Å²) in [5, 5.41) is 11.2. The van der Waals surface area contributed by atoms with Crippen molar-refractivity contribution in [2.24, 2.45) is 4.99 Å². The maximum Gasteiger partial charge on any atom is 0.387 e. The summed E-state index contributed by atoms with van der Waals surface area (Å²) >= 11 is 0. The Labute approximate surface area is 149 Å². The van der Waals surface area contributed by atoms with Gasteiger partial charge in [-0.15, -0.1) is 0 Å². The van der Waals surface area contributed by atoms with E-state index in [1.165, 1.54) is 18.2 Å². The number of nitrogens with one attached hydrogen (secondary N) is 1. The third-order valence-corrected chi connectivity index (χ3v) is 2.86. The van der Waals surface area contributed by atoms with Crippen LogP contribution in [-0.4, -0.2) is 18.7 Å². The Kier molecular flexibility index (Phi) is 6.74. The summed E-state index contributed by atoms with van der Waals surface area (Å²) in [6.07, 6.45) is 1.47. The van der Waals surface area contributed by atoms with Crippen LogP contribution in [0.3, 0.4) is 0 Å². The molecule has 0 spiro atoms. The first-order valence-corrected chi connectivity index (χ1v) is 7.70. The second-order valence-corrected chi connectivity index (χ2v) is 5.25. The first kappa shape index (κ1) is 19.0. The van der Waals surface area contributed by atoms with Crippen LogP contribution in [0, 0.1) is 11.5 Å². The van der Waals surface area contributed by atoms with Gasteiger partial charge in [0.2, 0.25) is 0 Å². The Bertz CT molecular complexity index is 790. The first-order chi connectivity index (χ1) is 12.5. The van der Waals surface area contributed by atoms with Crippen LogP contribution < -0.4 is 19.5 Å². The van der Waals surface area contributed by atoms with Crippen LogP contribution in [0.15, 0.2) is 53.5 Å². The standard InChI is InChI=1S/C18H17F2N3O3/c1-12(2)24-16-10-13(8-9-15(16)26-17(19)20)23-18(22-11-21)25-14-6-4-3-5-7-14/h3-10,12,17H,1-2H3,(H,22,23). The highest BCUT2D eigenvalue weighted by Gasteiger charge is 2.13. The van der Waals surface area contributed by atoms with E-state index in [-0.39, 0.29) is 23.6 Å². The van der Waals surface area contributed by atoms with Crippen LogP contribution in [-0.2, 0) is 0 Å². The van der Waals surface area contributed by atoms with Crippen molar-refractivity contribution in [3.63, 3.8) is 0 Å². The van der Waals surface area contributed by atoms with Crippen molar-refractivity contribution in [2.75, 3.05) is 0 Å². The number of ether oxygens (including phenoxy) is 3. The van der Waals surface area contributed by atoms with Gasteiger partial charge in [0, 0.05) is 6.07 Å². The minimum absolute atomic E-state index is 0.0725. The zero-order chi connectivity index (χ0) is 18.9. The van der Waals surface area contributed by atoms with Gasteiger partial charge in [0.05, 0.1) is 11.8 Å². The van der Waals surface area contributed by atoms with E-state index in [9.17, 15) is 8.78 Å². The molecule has 2 rings (SSSR count). The van der Waals surface area contributed by atoms with Crippen LogP contribution in [0.2, 0.25) is 0 Å². The highest BCUT2D eigenvalue weighted by Crippen LogP contribution is 2.33. The number of benzene rings is 2. The van der Waals surface area contributed by atoms with E-state index in [0.717, 1.165) is 0 Å².